The summed E-state index contributed by atoms with van der Waals surface area (Å²) in [6.07, 6.45) is 3.65. The van der Waals surface area contributed by atoms with Crippen LogP contribution >= 0.6 is 15.9 Å². The van der Waals surface area contributed by atoms with E-state index < -0.39 is 5.97 Å². The number of aromatic nitrogens is 2. The van der Waals surface area contributed by atoms with Gasteiger partial charge in [0, 0.05) is 37.8 Å². The van der Waals surface area contributed by atoms with Crippen LogP contribution in [0.4, 0.5) is 17.2 Å². The van der Waals surface area contributed by atoms with E-state index in [-0.39, 0.29) is 24.3 Å². The lowest BCUT2D eigenvalue weighted by molar-refractivity contribution is 0.0519. The Balaban J connectivity index is 2.14. The summed E-state index contributed by atoms with van der Waals surface area (Å²) in [4.78, 5) is 23.6. The van der Waals surface area contributed by atoms with Crippen molar-refractivity contribution in [2.75, 3.05) is 37.0 Å². The van der Waals surface area contributed by atoms with Gasteiger partial charge in [-0.2, -0.15) is 0 Å². The van der Waals surface area contributed by atoms with Gasteiger partial charge in [-0.3, -0.25) is 0 Å². The van der Waals surface area contributed by atoms with E-state index in [9.17, 15) is 4.79 Å². The Bertz CT molecular complexity index is 974. The summed E-state index contributed by atoms with van der Waals surface area (Å²) in [5, 5.41) is 12.2. The van der Waals surface area contributed by atoms with Crippen LogP contribution < -0.4 is 10.2 Å². The van der Waals surface area contributed by atoms with Gasteiger partial charge in [-0.05, 0) is 59.8 Å². The van der Waals surface area contributed by atoms with Gasteiger partial charge in [0.05, 0.1) is 24.0 Å². The normalized spacial score (nSPS) is 14.5. The number of pyridine rings is 2. The Kier molecular flexibility index (Phi) is 8.20. The third kappa shape index (κ3) is 5.63. The van der Waals surface area contributed by atoms with E-state index >= 15 is 0 Å². The summed E-state index contributed by atoms with van der Waals surface area (Å²) in [5.41, 5.74) is 2.92. The molecule has 9 heteroatoms. The molecule has 172 valence electrons. The van der Waals surface area contributed by atoms with Crippen LogP contribution in [0.1, 0.15) is 49.7 Å². The number of hydrogen-bond acceptors (Lipinski definition) is 8. The number of hydrogen-bond donors (Lipinski definition) is 2. The number of nitrogens with one attached hydrogen (secondary N) is 2. The molecule has 3 heterocycles. The quantitative estimate of drug-likeness (QED) is 0.303. The van der Waals surface area contributed by atoms with E-state index in [2.05, 4.69) is 36.1 Å². The van der Waals surface area contributed by atoms with Crippen molar-refractivity contribution in [3.05, 3.63) is 40.3 Å². The summed E-state index contributed by atoms with van der Waals surface area (Å²) in [6.45, 7) is 7.53. The fourth-order valence-corrected chi connectivity index (χ4v) is 4.05. The molecule has 3 rings (SSSR count). The lowest BCUT2D eigenvalue weighted by Crippen LogP contribution is -2.38. The molecule has 0 bridgehead atoms. The zero-order valence-electron chi connectivity index (χ0n) is 18.9. The molecule has 32 heavy (non-hydrogen) atoms. The van der Waals surface area contributed by atoms with E-state index in [4.69, 9.17) is 14.9 Å². The van der Waals surface area contributed by atoms with Crippen LogP contribution in [0.25, 0.3) is 0 Å². The molecule has 0 atom stereocenters. The minimum absolute atomic E-state index is 0.0229. The SMILES string of the molecule is CCOC(=O)c1cc(N2CCC(OC)CC2)c(C(=N)C(C)C)c(Nc2ccnc(Br)c2)n1. The zero-order valence-corrected chi connectivity index (χ0v) is 20.5. The number of carbonyl (C=O) groups is 1. The lowest BCUT2D eigenvalue weighted by Gasteiger charge is -2.35. The number of halogens is 1. The summed E-state index contributed by atoms with van der Waals surface area (Å²) < 4.78 is 11.4. The van der Waals surface area contributed by atoms with Crippen LogP contribution in [0.3, 0.4) is 0 Å². The fraction of sp³-hybridized carbons (Fsp3) is 0.478. The maximum atomic E-state index is 12.6. The average molecular weight is 504 g/mol. The van der Waals surface area contributed by atoms with Gasteiger partial charge in [-0.15, -0.1) is 0 Å². The largest absolute Gasteiger partial charge is 0.461 e. The molecule has 2 N–H and O–H groups in total. The zero-order chi connectivity index (χ0) is 23.3. The number of carbonyl (C=O) groups excluding carboxylic acids is 1. The molecule has 0 radical (unpaired) electrons. The van der Waals surface area contributed by atoms with Gasteiger partial charge in [0.2, 0.25) is 0 Å². The monoisotopic (exact) mass is 503 g/mol. The van der Waals surface area contributed by atoms with Gasteiger partial charge < -0.3 is 25.1 Å². The van der Waals surface area contributed by atoms with Crippen molar-refractivity contribution in [1.29, 1.82) is 5.41 Å². The Hall–Kier alpha value is -2.52. The van der Waals surface area contributed by atoms with Gasteiger partial charge in [0.1, 0.15) is 10.4 Å². The summed E-state index contributed by atoms with van der Waals surface area (Å²) in [5.74, 6) is -0.0523. The van der Waals surface area contributed by atoms with Crippen molar-refractivity contribution >= 4 is 44.8 Å². The van der Waals surface area contributed by atoms with E-state index in [1.54, 1.807) is 26.3 Å². The standard InChI is InChI=1S/C23H30BrN5O3/c1-5-32-23(30)17-13-18(29-10-7-16(31-4)8-11-29)20(21(25)14(2)3)22(28-17)27-15-6-9-26-19(24)12-15/h6,9,12-14,16,25H,5,7-8,10-11H2,1-4H3,(H,26,27,28). The van der Waals surface area contributed by atoms with Gasteiger partial charge in [0.15, 0.2) is 5.69 Å². The number of nitrogens with zero attached hydrogens (tertiary/aromatic N) is 3. The van der Waals surface area contributed by atoms with Crippen molar-refractivity contribution < 1.29 is 14.3 Å². The molecule has 0 aromatic carbocycles. The maximum Gasteiger partial charge on any atom is 0.357 e. The molecule has 8 nitrogen and oxygen atoms in total. The second kappa shape index (κ2) is 10.9. The van der Waals surface area contributed by atoms with Crippen molar-refractivity contribution in [3.8, 4) is 0 Å². The van der Waals surface area contributed by atoms with Crippen LogP contribution in [0.2, 0.25) is 0 Å². The predicted molar refractivity (Wildman–Crippen MR) is 129 cm³/mol. The van der Waals surface area contributed by atoms with Crippen molar-refractivity contribution in [2.24, 2.45) is 5.92 Å². The molecule has 2 aromatic heterocycles. The number of esters is 1. The van der Waals surface area contributed by atoms with Crippen LogP contribution in [0, 0.1) is 11.3 Å². The molecule has 1 aliphatic rings. The van der Waals surface area contributed by atoms with Crippen molar-refractivity contribution in [1.82, 2.24) is 9.97 Å². The number of rotatable bonds is 8. The van der Waals surface area contributed by atoms with Crippen LogP contribution in [-0.2, 0) is 9.47 Å². The lowest BCUT2D eigenvalue weighted by atomic mass is 9.96. The highest BCUT2D eigenvalue weighted by Gasteiger charge is 2.27. The molecule has 0 spiro atoms. The first-order chi connectivity index (χ1) is 15.3. The molecule has 2 aromatic rings. The predicted octanol–water partition coefficient (Wildman–Crippen LogP) is 4.80. The molecule has 0 unspecified atom stereocenters. The minimum atomic E-state index is -0.484. The highest BCUT2D eigenvalue weighted by molar-refractivity contribution is 9.10. The van der Waals surface area contributed by atoms with Gasteiger partial charge in [0.25, 0.3) is 0 Å². The summed E-state index contributed by atoms with van der Waals surface area (Å²) in [6, 6.07) is 5.40. The van der Waals surface area contributed by atoms with Gasteiger partial charge in [-0.1, -0.05) is 13.8 Å². The van der Waals surface area contributed by atoms with E-state index in [1.165, 1.54) is 0 Å². The van der Waals surface area contributed by atoms with Crippen LogP contribution in [0.5, 0.6) is 0 Å². The minimum Gasteiger partial charge on any atom is -0.461 e. The maximum absolute atomic E-state index is 12.6. The number of ether oxygens (including phenoxy) is 2. The van der Waals surface area contributed by atoms with Gasteiger partial charge >= 0.3 is 5.97 Å². The fourth-order valence-electron chi connectivity index (χ4n) is 3.68. The topological polar surface area (TPSA) is 100 Å². The van der Waals surface area contributed by atoms with Gasteiger partial charge in [-0.25, -0.2) is 14.8 Å². The Morgan fingerprint density at radius 3 is 2.66 bits per heavy atom. The first-order valence-electron chi connectivity index (χ1n) is 10.8. The molecule has 1 aliphatic heterocycles. The second-order valence-corrected chi connectivity index (χ2v) is 8.77. The van der Waals surface area contributed by atoms with E-state index in [0.29, 0.717) is 21.7 Å². The molecule has 0 saturated carbocycles. The molecule has 0 aliphatic carbocycles. The molecular weight excluding hydrogens is 474 g/mol. The van der Waals surface area contributed by atoms with E-state index in [1.807, 2.05) is 26.0 Å². The third-order valence-electron chi connectivity index (χ3n) is 5.44. The summed E-state index contributed by atoms with van der Waals surface area (Å²) >= 11 is 3.39. The molecule has 0 amide bonds. The highest BCUT2D eigenvalue weighted by Crippen LogP contribution is 2.34. The summed E-state index contributed by atoms with van der Waals surface area (Å²) in [7, 11) is 1.74. The number of methoxy groups -OCH3 is 1. The number of anilines is 3. The van der Waals surface area contributed by atoms with Crippen molar-refractivity contribution in [3.63, 3.8) is 0 Å². The Labute approximate surface area is 197 Å². The Morgan fingerprint density at radius 2 is 2.06 bits per heavy atom. The van der Waals surface area contributed by atoms with Crippen LogP contribution in [-0.4, -0.2) is 54.6 Å². The second-order valence-electron chi connectivity index (χ2n) is 7.95. The Morgan fingerprint density at radius 1 is 1.34 bits per heavy atom. The smallest absolute Gasteiger partial charge is 0.357 e. The highest BCUT2D eigenvalue weighted by atomic mass is 79.9. The first-order valence-corrected chi connectivity index (χ1v) is 11.6. The van der Waals surface area contributed by atoms with Crippen LogP contribution in [0.15, 0.2) is 29.0 Å². The van der Waals surface area contributed by atoms with E-state index in [0.717, 1.165) is 37.3 Å². The average Bonchev–Trinajstić information content (AvgIpc) is 2.78. The first kappa shape index (κ1) is 24.1. The molecular formula is C23H30BrN5O3. The van der Waals surface area contributed by atoms with Crippen molar-refractivity contribution in [2.45, 2.75) is 39.7 Å². The third-order valence-corrected chi connectivity index (χ3v) is 5.87. The molecule has 1 fully saturated rings. The number of piperidine rings is 1. The molecule has 1 saturated heterocycles.